The highest BCUT2D eigenvalue weighted by Gasteiger charge is 2.14. The van der Waals surface area contributed by atoms with Crippen LogP contribution in [0, 0.1) is 0 Å². The summed E-state index contributed by atoms with van der Waals surface area (Å²) >= 11 is 1.55. The first-order valence-electron chi connectivity index (χ1n) is 5.93. The van der Waals surface area contributed by atoms with E-state index in [0.29, 0.717) is 32.5 Å². The minimum atomic E-state index is 0.0187. The van der Waals surface area contributed by atoms with E-state index in [9.17, 15) is 4.79 Å². The lowest BCUT2D eigenvalue weighted by Crippen LogP contribution is -2.37. The summed E-state index contributed by atoms with van der Waals surface area (Å²) in [6.07, 6.45) is 0.716. The van der Waals surface area contributed by atoms with E-state index in [1.807, 2.05) is 17.5 Å². The quantitative estimate of drug-likeness (QED) is 0.321. The number of amides is 1. The molecule has 1 rings (SSSR count). The van der Waals surface area contributed by atoms with Crippen LogP contribution < -0.4 is 5.73 Å². The second kappa shape index (κ2) is 8.49. The van der Waals surface area contributed by atoms with Crippen molar-refractivity contribution in [2.75, 3.05) is 26.8 Å². The molecule has 7 heteroatoms. The number of carbonyl (C=O) groups is 1. The lowest BCUT2D eigenvalue weighted by atomic mass is 10.2. The molecule has 0 aliphatic carbocycles. The molecule has 0 unspecified atom stereocenters. The van der Waals surface area contributed by atoms with Gasteiger partial charge in [-0.25, -0.2) is 0 Å². The Bertz CT molecular complexity index is 406. The van der Waals surface area contributed by atoms with Crippen molar-refractivity contribution in [3.63, 3.8) is 0 Å². The number of thiophene rings is 1. The molecule has 0 aliphatic rings. The smallest absolute Gasteiger partial charge is 0.227 e. The molecule has 0 bridgehead atoms. The minimum Gasteiger partial charge on any atom is -0.409 e. The summed E-state index contributed by atoms with van der Waals surface area (Å²) < 4.78 is 4.99. The summed E-state index contributed by atoms with van der Waals surface area (Å²) in [5.41, 5.74) is 5.42. The molecule has 0 aliphatic heterocycles. The van der Waals surface area contributed by atoms with Crippen LogP contribution in [0.25, 0.3) is 0 Å². The molecule has 0 saturated heterocycles. The van der Waals surface area contributed by atoms with Crippen LogP contribution in [0.15, 0.2) is 22.7 Å². The molecule has 0 atom stereocenters. The van der Waals surface area contributed by atoms with Crippen molar-refractivity contribution in [2.45, 2.75) is 12.8 Å². The lowest BCUT2D eigenvalue weighted by molar-refractivity contribution is -0.131. The normalized spacial score (nSPS) is 11.5. The first-order chi connectivity index (χ1) is 9.17. The molecular weight excluding hydrogens is 266 g/mol. The van der Waals surface area contributed by atoms with Crippen LogP contribution in [-0.2, 0) is 16.0 Å². The van der Waals surface area contributed by atoms with E-state index in [2.05, 4.69) is 5.16 Å². The fourth-order valence-corrected chi connectivity index (χ4v) is 2.23. The summed E-state index contributed by atoms with van der Waals surface area (Å²) in [7, 11) is 1.59. The second-order valence-corrected chi connectivity index (χ2v) is 5.00. The maximum Gasteiger partial charge on any atom is 0.227 e. The number of amidine groups is 1. The van der Waals surface area contributed by atoms with Crippen molar-refractivity contribution < 1.29 is 14.7 Å². The summed E-state index contributed by atoms with van der Waals surface area (Å²) in [5.74, 6) is 0.136. The van der Waals surface area contributed by atoms with E-state index < -0.39 is 0 Å². The van der Waals surface area contributed by atoms with E-state index in [1.54, 1.807) is 23.3 Å². The summed E-state index contributed by atoms with van der Waals surface area (Å²) in [4.78, 5) is 14.8. The van der Waals surface area contributed by atoms with Crippen LogP contribution in [0.2, 0.25) is 0 Å². The highest BCUT2D eigenvalue weighted by atomic mass is 32.1. The summed E-state index contributed by atoms with van der Waals surface area (Å²) in [6.45, 7) is 1.38. The number of rotatable bonds is 8. The van der Waals surface area contributed by atoms with Gasteiger partial charge in [0.05, 0.1) is 13.0 Å². The Kier molecular flexibility index (Phi) is 6.91. The standard InChI is InChI=1S/C12H19N3O3S/c1-18-7-6-15(5-4-11(13)14-17)12(16)9-10-3-2-8-19-10/h2-3,8,17H,4-7,9H2,1H3,(H2,13,14). The Labute approximate surface area is 116 Å². The first kappa shape index (κ1) is 15.5. The molecule has 106 valence electrons. The highest BCUT2D eigenvalue weighted by molar-refractivity contribution is 7.10. The molecule has 6 nitrogen and oxygen atoms in total. The van der Waals surface area contributed by atoms with Gasteiger partial charge in [0.1, 0.15) is 5.84 Å². The molecule has 0 radical (unpaired) electrons. The van der Waals surface area contributed by atoms with Gasteiger partial charge in [-0.3, -0.25) is 4.79 Å². The van der Waals surface area contributed by atoms with Crippen molar-refractivity contribution in [3.05, 3.63) is 22.4 Å². The van der Waals surface area contributed by atoms with E-state index >= 15 is 0 Å². The number of ether oxygens (including phenoxy) is 1. The molecule has 0 aromatic carbocycles. The molecule has 3 N–H and O–H groups in total. The van der Waals surface area contributed by atoms with Gasteiger partial charge in [0.15, 0.2) is 0 Å². The van der Waals surface area contributed by atoms with Crippen LogP contribution in [0.5, 0.6) is 0 Å². The number of oxime groups is 1. The maximum absolute atomic E-state index is 12.2. The monoisotopic (exact) mass is 285 g/mol. The zero-order valence-electron chi connectivity index (χ0n) is 10.9. The van der Waals surface area contributed by atoms with Crippen molar-refractivity contribution >= 4 is 23.1 Å². The van der Waals surface area contributed by atoms with Crippen LogP contribution in [0.4, 0.5) is 0 Å². The van der Waals surface area contributed by atoms with Gasteiger partial charge in [-0.1, -0.05) is 11.2 Å². The third-order valence-electron chi connectivity index (χ3n) is 2.59. The number of nitrogens with two attached hydrogens (primary N) is 1. The number of carbonyl (C=O) groups excluding carboxylic acids is 1. The molecule has 1 heterocycles. The van der Waals surface area contributed by atoms with E-state index in [4.69, 9.17) is 15.7 Å². The Morgan fingerprint density at radius 2 is 2.37 bits per heavy atom. The molecule has 0 fully saturated rings. The Morgan fingerprint density at radius 3 is 2.95 bits per heavy atom. The minimum absolute atomic E-state index is 0.0187. The topological polar surface area (TPSA) is 88.2 Å². The summed E-state index contributed by atoms with van der Waals surface area (Å²) in [5, 5.41) is 13.4. The fraction of sp³-hybridized carbons (Fsp3) is 0.500. The van der Waals surface area contributed by atoms with Gasteiger partial charge >= 0.3 is 0 Å². The van der Waals surface area contributed by atoms with Gasteiger partial charge in [0, 0.05) is 31.5 Å². The van der Waals surface area contributed by atoms with Crippen LogP contribution in [-0.4, -0.2) is 48.7 Å². The highest BCUT2D eigenvalue weighted by Crippen LogP contribution is 2.10. The average Bonchev–Trinajstić information content (AvgIpc) is 2.91. The largest absolute Gasteiger partial charge is 0.409 e. The van der Waals surface area contributed by atoms with Crippen molar-refractivity contribution in [2.24, 2.45) is 10.9 Å². The molecule has 1 aromatic heterocycles. The van der Waals surface area contributed by atoms with Crippen LogP contribution >= 0.6 is 11.3 Å². The average molecular weight is 285 g/mol. The Hall–Kier alpha value is -1.60. The number of methoxy groups -OCH3 is 1. The van der Waals surface area contributed by atoms with Crippen molar-refractivity contribution in [3.8, 4) is 0 Å². The van der Waals surface area contributed by atoms with Gasteiger partial charge in [-0.05, 0) is 11.4 Å². The first-order valence-corrected chi connectivity index (χ1v) is 6.80. The predicted octanol–water partition coefficient (Wildman–Crippen LogP) is 0.902. The van der Waals surface area contributed by atoms with Gasteiger partial charge in [-0.2, -0.15) is 0 Å². The number of hydrogen-bond acceptors (Lipinski definition) is 5. The van der Waals surface area contributed by atoms with Crippen LogP contribution in [0.1, 0.15) is 11.3 Å². The van der Waals surface area contributed by atoms with Gasteiger partial charge in [0.2, 0.25) is 5.91 Å². The number of hydrogen-bond donors (Lipinski definition) is 2. The lowest BCUT2D eigenvalue weighted by Gasteiger charge is -2.21. The SMILES string of the molecule is COCCN(CCC(N)=NO)C(=O)Cc1cccs1. The van der Waals surface area contributed by atoms with Crippen molar-refractivity contribution in [1.82, 2.24) is 4.90 Å². The molecule has 1 aromatic rings. The number of nitrogens with zero attached hydrogens (tertiary/aromatic N) is 2. The van der Waals surface area contributed by atoms with Crippen LogP contribution in [0.3, 0.4) is 0 Å². The predicted molar refractivity (Wildman–Crippen MR) is 74.5 cm³/mol. The van der Waals surface area contributed by atoms with Gasteiger partial charge < -0.3 is 20.6 Å². The molecule has 0 spiro atoms. The molecular formula is C12H19N3O3S. The fourth-order valence-electron chi connectivity index (χ4n) is 1.54. The zero-order valence-corrected chi connectivity index (χ0v) is 11.7. The molecule has 19 heavy (non-hydrogen) atoms. The molecule has 1 amide bonds. The summed E-state index contributed by atoms with van der Waals surface area (Å²) in [6, 6.07) is 3.85. The van der Waals surface area contributed by atoms with Gasteiger partial charge in [0.25, 0.3) is 0 Å². The van der Waals surface area contributed by atoms with Crippen molar-refractivity contribution in [1.29, 1.82) is 0 Å². The van der Waals surface area contributed by atoms with E-state index in [-0.39, 0.29) is 11.7 Å². The maximum atomic E-state index is 12.2. The molecule has 0 saturated carbocycles. The zero-order chi connectivity index (χ0) is 14.1. The van der Waals surface area contributed by atoms with E-state index in [1.165, 1.54) is 0 Å². The Balaban J connectivity index is 2.53. The Morgan fingerprint density at radius 1 is 1.58 bits per heavy atom. The van der Waals surface area contributed by atoms with Gasteiger partial charge in [-0.15, -0.1) is 11.3 Å². The second-order valence-electron chi connectivity index (χ2n) is 3.97. The van der Waals surface area contributed by atoms with E-state index in [0.717, 1.165) is 4.88 Å². The third-order valence-corrected chi connectivity index (χ3v) is 3.47. The third kappa shape index (κ3) is 5.71.